The van der Waals surface area contributed by atoms with Gasteiger partial charge in [0.05, 0.1) is 11.9 Å². The van der Waals surface area contributed by atoms with Gasteiger partial charge in [-0.15, -0.1) is 0 Å². The molecule has 0 fully saturated rings. The van der Waals surface area contributed by atoms with E-state index < -0.39 is 10.0 Å². The van der Waals surface area contributed by atoms with Gasteiger partial charge in [0.2, 0.25) is 15.9 Å². The molecule has 0 aliphatic rings. The first kappa shape index (κ1) is 20.0. The summed E-state index contributed by atoms with van der Waals surface area (Å²) in [7, 11) is -3.48. The highest BCUT2D eigenvalue weighted by atomic mass is 32.2. The summed E-state index contributed by atoms with van der Waals surface area (Å²) in [6.45, 7) is 7.89. The Balaban J connectivity index is 2.13. The van der Waals surface area contributed by atoms with E-state index >= 15 is 0 Å². The van der Waals surface area contributed by atoms with Crippen LogP contribution >= 0.6 is 0 Å². The zero-order valence-corrected chi connectivity index (χ0v) is 16.8. The predicted octanol–water partition coefficient (Wildman–Crippen LogP) is 3.72. The molecule has 0 saturated carbocycles. The molecule has 0 spiro atoms. The number of hydrogen-bond acceptors (Lipinski definition) is 3. The second kappa shape index (κ2) is 7.91. The van der Waals surface area contributed by atoms with Crippen LogP contribution in [0.2, 0.25) is 0 Å². The highest BCUT2D eigenvalue weighted by Crippen LogP contribution is 2.22. The van der Waals surface area contributed by atoms with Crippen LogP contribution in [0.1, 0.15) is 28.7 Å². The highest BCUT2D eigenvalue weighted by molar-refractivity contribution is 7.92. The van der Waals surface area contributed by atoms with Gasteiger partial charge in [0, 0.05) is 18.7 Å². The van der Waals surface area contributed by atoms with Crippen molar-refractivity contribution in [1.29, 1.82) is 0 Å². The van der Waals surface area contributed by atoms with Gasteiger partial charge in [-0.1, -0.05) is 18.2 Å². The van der Waals surface area contributed by atoms with Gasteiger partial charge in [-0.2, -0.15) is 0 Å². The quantitative estimate of drug-likeness (QED) is 0.838. The minimum absolute atomic E-state index is 0.0768. The fraction of sp³-hybridized carbons (Fsp3) is 0.350. The maximum Gasteiger partial charge on any atom is 0.232 e. The molecule has 0 unspecified atom stereocenters. The Hall–Kier alpha value is -2.34. The van der Waals surface area contributed by atoms with Crippen molar-refractivity contribution in [2.45, 2.75) is 34.1 Å². The van der Waals surface area contributed by atoms with Crippen molar-refractivity contribution in [3.63, 3.8) is 0 Å². The van der Waals surface area contributed by atoms with Gasteiger partial charge in [-0.3, -0.25) is 9.10 Å². The van der Waals surface area contributed by atoms with E-state index in [1.54, 1.807) is 6.07 Å². The van der Waals surface area contributed by atoms with Gasteiger partial charge in [0.25, 0.3) is 0 Å². The third kappa shape index (κ3) is 5.08. The molecule has 6 heteroatoms. The van der Waals surface area contributed by atoms with E-state index in [2.05, 4.69) is 5.32 Å². The number of nitrogens with one attached hydrogen (secondary N) is 1. The number of benzene rings is 2. The molecule has 1 amide bonds. The van der Waals surface area contributed by atoms with E-state index in [4.69, 9.17) is 0 Å². The molecule has 0 radical (unpaired) electrons. The normalized spacial score (nSPS) is 11.3. The second-order valence-electron chi connectivity index (χ2n) is 6.72. The van der Waals surface area contributed by atoms with E-state index in [1.807, 2.05) is 58.0 Å². The van der Waals surface area contributed by atoms with Gasteiger partial charge >= 0.3 is 0 Å². The number of carbonyl (C=O) groups excluding carboxylic acids is 1. The number of anilines is 2. The molecule has 0 atom stereocenters. The molecule has 0 saturated heterocycles. The summed E-state index contributed by atoms with van der Waals surface area (Å²) in [5, 5.41) is 2.87. The minimum atomic E-state index is -3.48. The molecule has 26 heavy (non-hydrogen) atoms. The summed E-state index contributed by atoms with van der Waals surface area (Å²) in [6.07, 6.45) is 1.23. The van der Waals surface area contributed by atoms with Crippen LogP contribution in [0.25, 0.3) is 0 Å². The SMILES string of the molecule is Cc1ccc(C)c(NC(=O)CCN(c2ccc(C)c(C)c2)S(C)(=O)=O)c1. The first-order chi connectivity index (χ1) is 12.1. The van der Waals surface area contributed by atoms with Crippen molar-refractivity contribution in [3.8, 4) is 0 Å². The summed E-state index contributed by atoms with van der Waals surface area (Å²) in [5.74, 6) is -0.212. The van der Waals surface area contributed by atoms with Crippen molar-refractivity contribution >= 4 is 27.3 Å². The van der Waals surface area contributed by atoms with E-state index in [1.165, 1.54) is 4.31 Å². The van der Waals surface area contributed by atoms with Crippen LogP contribution in [0.4, 0.5) is 11.4 Å². The first-order valence-corrected chi connectivity index (χ1v) is 10.3. The van der Waals surface area contributed by atoms with Crippen molar-refractivity contribution < 1.29 is 13.2 Å². The number of aryl methyl sites for hydroxylation is 4. The summed E-state index contributed by atoms with van der Waals surface area (Å²) in [6, 6.07) is 11.3. The number of sulfonamides is 1. The second-order valence-corrected chi connectivity index (χ2v) is 8.63. The molecule has 0 aliphatic carbocycles. The average Bonchev–Trinajstić information content (AvgIpc) is 2.53. The molecule has 2 rings (SSSR count). The molecule has 2 aromatic carbocycles. The number of hydrogen-bond donors (Lipinski definition) is 1. The molecular formula is C20H26N2O3S. The Labute approximate surface area is 156 Å². The summed E-state index contributed by atoms with van der Waals surface area (Å²) in [4.78, 5) is 12.3. The Kier molecular flexibility index (Phi) is 6.08. The molecule has 140 valence electrons. The minimum Gasteiger partial charge on any atom is -0.326 e. The van der Waals surface area contributed by atoms with Crippen molar-refractivity contribution in [2.75, 3.05) is 22.4 Å². The van der Waals surface area contributed by atoms with Crippen LogP contribution in [-0.4, -0.2) is 27.1 Å². The molecule has 1 N–H and O–H groups in total. The largest absolute Gasteiger partial charge is 0.326 e. The standard InChI is InChI=1S/C20H26N2O3S/c1-14-6-7-16(3)19(12-14)21-20(23)10-11-22(26(5,24)25)18-9-8-15(2)17(4)13-18/h6-9,12-13H,10-11H2,1-5H3,(H,21,23). The zero-order chi connectivity index (χ0) is 19.5. The van der Waals surface area contributed by atoms with Gasteiger partial charge in [-0.05, 0) is 68.1 Å². The monoisotopic (exact) mass is 374 g/mol. The fourth-order valence-corrected chi connectivity index (χ4v) is 3.57. The summed E-state index contributed by atoms with van der Waals surface area (Å²) in [5.41, 5.74) is 5.46. The van der Waals surface area contributed by atoms with Crippen molar-refractivity contribution in [1.82, 2.24) is 0 Å². The molecule has 0 aliphatic heterocycles. The Morgan fingerprint density at radius 3 is 2.23 bits per heavy atom. The highest BCUT2D eigenvalue weighted by Gasteiger charge is 2.19. The van der Waals surface area contributed by atoms with E-state index in [0.29, 0.717) is 5.69 Å². The van der Waals surface area contributed by atoms with E-state index in [9.17, 15) is 13.2 Å². The van der Waals surface area contributed by atoms with Crippen LogP contribution in [0.15, 0.2) is 36.4 Å². The number of rotatable bonds is 6. The molecule has 2 aromatic rings. The van der Waals surface area contributed by atoms with Crippen LogP contribution in [0, 0.1) is 27.7 Å². The van der Waals surface area contributed by atoms with Crippen molar-refractivity contribution in [2.24, 2.45) is 0 Å². The van der Waals surface area contributed by atoms with E-state index in [-0.39, 0.29) is 18.9 Å². The van der Waals surface area contributed by atoms with Gasteiger partial charge in [-0.25, -0.2) is 8.42 Å². The predicted molar refractivity (Wildman–Crippen MR) is 107 cm³/mol. The molecule has 0 heterocycles. The van der Waals surface area contributed by atoms with Crippen LogP contribution < -0.4 is 9.62 Å². The van der Waals surface area contributed by atoms with Crippen LogP contribution in [-0.2, 0) is 14.8 Å². The molecular weight excluding hydrogens is 348 g/mol. The van der Waals surface area contributed by atoms with Gasteiger partial charge in [0.15, 0.2) is 0 Å². The molecule has 5 nitrogen and oxygen atoms in total. The Morgan fingerprint density at radius 2 is 1.62 bits per heavy atom. The lowest BCUT2D eigenvalue weighted by atomic mass is 10.1. The summed E-state index contributed by atoms with van der Waals surface area (Å²) >= 11 is 0. The maximum atomic E-state index is 12.3. The number of amides is 1. The lowest BCUT2D eigenvalue weighted by molar-refractivity contribution is -0.116. The average molecular weight is 375 g/mol. The summed E-state index contributed by atoms with van der Waals surface area (Å²) < 4.78 is 25.7. The first-order valence-electron chi connectivity index (χ1n) is 8.50. The lowest BCUT2D eigenvalue weighted by Gasteiger charge is -2.23. The third-order valence-electron chi connectivity index (χ3n) is 4.39. The van der Waals surface area contributed by atoms with Gasteiger partial charge < -0.3 is 5.32 Å². The Morgan fingerprint density at radius 1 is 0.962 bits per heavy atom. The number of nitrogens with zero attached hydrogens (tertiary/aromatic N) is 1. The zero-order valence-electron chi connectivity index (χ0n) is 16.0. The fourth-order valence-electron chi connectivity index (χ4n) is 2.65. The van der Waals surface area contributed by atoms with Crippen molar-refractivity contribution in [3.05, 3.63) is 58.7 Å². The topological polar surface area (TPSA) is 66.5 Å². The van der Waals surface area contributed by atoms with Gasteiger partial charge in [0.1, 0.15) is 0 Å². The van der Waals surface area contributed by atoms with Crippen LogP contribution in [0.5, 0.6) is 0 Å². The molecule has 0 aromatic heterocycles. The van der Waals surface area contributed by atoms with E-state index in [0.717, 1.165) is 34.2 Å². The maximum absolute atomic E-state index is 12.3. The number of carbonyl (C=O) groups is 1. The smallest absolute Gasteiger partial charge is 0.232 e. The third-order valence-corrected chi connectivity index (χ3v) is 5.58. The lowest BCUT2D eigenvalue weighted by Crippen LogP contribution is -2.33. The Bertz CT molecular complexity index is 921. The van der Waals surface area contributed by atoms with Crippen LogP contribution in [0.3, 0.4) is 0 Å². The molecule has 0 bridgehead atoms.